The van der Waals surface area contributed by atoms with Crippen molar-refractivity contribution in [3.05, 3.63) is 47.3 Å². The van der Waals surface area contributed by atoms with E-state index < -0.39 is 4.87 Å². The molecule has 0 radical (unpaired) electrons. The van der Waals surface area contributed by atoms with Crippen molar-refractivity contribution >= 4 is 28.2 Å². The van der Waals surface area contributed by atoms with Crippen LogP contribution in [-0.2, 0) is 0 Å². The zero-order chi connectivity index (χ0) is 12.0. The summed E-state index contributed by atoms with van der Waals surface area (Å²) < 4.78 is 0.813. The molecule has 0 aliphatic heterocycles. The normalized spacial score (nSPS) is 13.8. The number of hydrogen-bond donors (Lipinski definition) is 0. The van der Waals surface area contributed by atoms with Crippen molar-refractivity contribution in [2.24, 2.45) is 0 Å². The lowest BCUT2D eigenvalue weighted by atomic mass is 10.2. The van der Waals surface area contributed by atoms with Gasteiger partial charge in [0, 0.05) is 13.3 Å². The molecule has 0 saturated heterocycles. The van der Waals surface area contributed by atoms with E-state index in [1.165, 1.54) is 11.8 Å². The summed E-state index contributed by atoms with van der Waals surface area (Å²) in [5.41, 5.74) is 1.04. The molecule has 1 aromatic rings. The molecule has 1 nitrogen and oxygen atoms in total. The molecule has 0 saturated carbocycles. The first kappa shape index (κ1) is 13.2. The highest BCUT2D eigenvalue weighted by Gasteiger charge is 2.31. The number of nitrogens with zero attached hydrogens (tertiary/aromatic N) is 1. The lowest BCUT2D eigenvalue weighted by Crippen LogP contribution is -2.16. The van der Waals surface area contributed by atoms with Crippen LogP contribution in [0.1, 0.15) is 32.3 Å². The Kier molecular flexibility index (Phi) is 4.98. The van der Waals surface area contributed by atoms with Crippen molar-refractivity contribution in [3.63, 3.8) is 0 Å². The van der Waals surface area contributed by atoms with Gasteiger partial charge in [-0.15, -0.1) is 0 Å². The van der Waals surface area contributed by atoms with E-state index in [1.54, 1.807) is 0 Å². The molecule has 1 unspecified atom stereocenters. The molecular formula is C13H15NS2. The van der Waals surface area contributed by atoms with Crippen molar-refractivity contribution < 1.29 is 0 Å². The Morgan fingerprint density at radius 2 is 2.06 bits per heavy atom. The van der Waals surface area contributed by atoms with Gasteiger partial charge in [-0.05, 0) is 23.7 Å². The fourth-order valence-corrected chi connectivity index (χ4v) is 3.11. The predicted molar refractivity (Wildman–Crippen MR) is 75.6 cm³/mol. The lowest BCUT2D eigenvalue weighted by molar-refractivity contribution is 0.680. The molecule has 0 bridgehead atoms. The minimum Gasteiger partial charge on any atom is -0.298 e. The minimum atomic E-state index is -0.415. The standard InChI is InChI=1S/C13H15NS2/c1-4-10-13(2,14-3)16-12(15)11-8-6-5-7-9-11/h5-9H,4,10H2,1-2H3. The summed E-state index contributed by atoms with van der Waals surface area (Å²) in [6.07, 6.45) is 1.87. The molecular weight excluding hydrogens is 234 g/mol. The minimum absolute atomic E-state index is 0.415. The predicted octanol–water partition coefficient (Wildman–Crippen LogP) is 4.53. The largest absolute Gasteiger partial charge is 0.298 e. The third-order valence-corrected chi connectivity index (χ3v) is 3.91. The van der Waals surface area contributed by atoms with Gasteiger partial charge in [-0.1, -0.05) is 49.5 Å². The second-order valence-electron chi connectivity index (χ2n) is 3.79. The van der Waals surface area contributed by atoms with Gasteiger partial charge in [0.25, 0.3) is 4.87 Å². The maximum atomic E-state index is 7.26. The van der Waals surface area contributed by atoms with Crippen LogP contribution in [-0.4, -0.2) is 9.07 Å². The summed E-state index contributed by atoms with van der Waals surface area (Å²) >= 11 is 6.87. The van der Waals surface area contributed by atoms with Crippen molar-refractivity contribution in [1.82, 2.24) is 0 Å². The molecule has 84 valence electrons. The number of benzene rings is 1. The molecule has 0 aromatic heterocycles. The Balaban J connectivity index is 2.75. The first-order valence-electron chi connectivity index (χ1n) is 5.28. The van der Waals surface area contributed by atoms with Crippen LogP contribution in [0.3, 0.4) is 0 Å². The molecule has 0 aliphatic rings. The van der Waals surface area contributed by atoms with E-state index in [0.717, 1.165) is 22.6 Å². The lowest BCUT2D eigenvalue weighted by Gasteiger charge is -2.15. The van der Waals surface area contributed by atoms with Gasteiger partial charge in [0.05, 0.1) is 4.20 Å². The maximum absolute atomic E-state index is 7.26. The quantitative estimate of drug-likeness (QED) is 0.570. The van der Waals surface area contributed by atoms with Gasteiger partial charge in [-0.3, -0.25) is 4.85 Å². The average molecular weight is 249 g/mol. The average Bonchev–Trinajstić information content (AvgIpc) is 2.30. The van der Waals surface area contributed by atoms with Crippen LogP contribution in [0.25, 0.3) is 4.85 Å². The Labute approximate surface area is 107 Å². The smallest absolute Gasteiger partial charge is 0.280 e. The molecule has 1 rings (SSSR count). The van der Waals surface area contributed by atoms with Gasteiger partial charge < -0.3 is 0 Å². The van der Waals surface area contributed by atoms with Gasteiger partial charge in [0.15, 0.2) is 0 Å². The van der Waals surface area contributed by atoms with E-state index in [2.05, 4.69) is 11.8 Å². The molecule has 3 heteroatoms. The number of hydrogen-bond acceptors (Lipinski definition) is 2. The van der Waals surface area contributed by atoms with E-state index in [0.29, 0.717) is 0 Å². The highest BCUT2D eigenvalue weighted by Crippen LogP contribution is 2.34. The summed E-state index contributed by atoms with van der Waals surface area (Å²) in [6.45, 7) is 11.3. The van der Waals surface area contributed by atoms with Crippen LogP contribution >= 0.6 is 24.0 Å². The molecule has 16 heavy (non-hydrogen) atoms. The van der Waals surface area contributed by atoms with Crippen LogP contribution in [0.2, 0.25) is 0 Å². The van der Waals surface area contributed by atoms with Gasteiger partial charge >= 0.3 is 0 Å². The van der Waals surface area contributed by atoms with Crippen LogP contribution in [0.5, 0.6) is 0 Å². The van der Waals surface area contributed by atoms with Gasteiger partial charge in [0.1, 0.15) is 0 Å². The van der Waals surface area contributed by atoms with E-state index in [1.807, 2.05) is 37.3 Å². The fraction of sp³-hybridized carbons (Fsp3) is 0.385. The van der Waals surface area contributed by atoms with Crippen molar-refractivity contribution in [2.45, 2.75) is 31.6 Å². The van der Waals surface area contributed by atoms with Gasteiger partial charge in [-0.2, -0.15) is 0 Å². The Hall–Kier alpha value is -0.850. The van der Waals surface area contributed by atoms with E-state index in [9.17, 15) is 0 Å². The zero-order valence-electron chi connectivity index (χ0n) is 9.56. The summed E-state index contributed by atoms with van der Waals surface area (Å²) in [7, 11) is 0. The highest BCUT2D eigenvalue weighted by molar-refractivity contribution is 8.24. The summed E-state index contributed by atoms with van der Waals surface area (Å²) in [6, 6.07) is 9.89. The number of thioether (sulfide) groups is 1. The van der Waals surface area contributed by atoms with E-state index >= 15 is 0 Å². The molecule has 0 N–H and O–H groups in total. The van der Waals surface area contributed by atoms with Crippen LogP contribution < -0.4 is 0 Å². The number of thiocarbonyl (C=S) groups is 1. The first-order chi connectivity index (χ1) is 7.61. The van der Waals surface area contributed by atoms with Crippen molar-refractivity contribution in [3.8, 4) is 0 Å². The zero-order valence-corrected chi connectivity index (χ0v) is 11.2. The third-order valence-electron chi connectivity index (χ3n) is 2.27. The van der Waals surface area contributed by atoms with Crippen LogP contribution in [0.4, 0.5) is 0 Å². The van der Waals surface area contributed by atoms with Crippen molar-refractivity contribution in [1.29, 1.82) is 0 Å². The Morgan fingerprint density at radius 3 is 2.56 bits per heavy atom. The fourth-order valence-electron chi connectivity index (χ4n) is 1.43. The summed E-state index contributed by atoms with van der Waals surface area (Å²) in [5, 5.41) is 0. The molecule has 0 heterocycles. The Morgan fingerprint density at radius 1 is 1.44 bits per heavy atom. The topological polar surface area (TPSA) is 4.36 Å². The number of rotatable bonds is 4. The Bertz CT molecular complexity index is 394. The van der Waals surface area contributed by atoms with E-state index in [4.69, 9.17) is 18.8 Å². The SMILES string of the molecule is [C-]#[N+]C(C)(CCC)SC(=S)c1ccccc1. The van der Waals surface area contributed by atoms with Crippen LogP contribution in [0.15, 0.2) is 30.3 Å². The van der Waals surface area contributed by atoms with Gasteiger partial charge in [-0.25, -0.2) is 6.57 Å². The summed E-state index contributed by atoms with van der Waals surface area (Å²) in [5.74, 6) is 0. The van der Waals surface area contributed by atoms with Crippen molar-refractivity contribution in [2.75, 3.05) is 0 Å². The molecule has 1 atom stereocenters. The molecule has 0 aliphatic carbocycles. The molecule has 0 spiro atoms. The monoisotopic (exact) mass is 249 g/mol. The second-order valence-corrected chi connectivity index (χ2v) is 5.95. The molecule has 1 aromatic carbocycles. The van der Waals surface area contributed by atoms with E-state index in [-0.39, 0.29) is 0 Å². The van der Waals surface area contributed by atoms with Crippen LogP contribution in [0, 0.1) is 6.57 Å². The maximum Gasteiger partial charge on any atom is 0.280 e. The van der Waals surface area contributed by atoms with Gasteiger partial charge in [0.2, 0.25) is 0 Å². The second kappa shape index (κ2) is 6.03. The molecule has 0 amide bonds. The first-order valence-corrected chi connectivity index (χ1v) is 6.51. The summed E-state index contributed by atoms with van der Waals surface area (Å²) in [4.78, 5) is 3.29. The highest BCUT2D eigenvalue weighted by atomic mass is 32.2. The third kappa shape index (κ3) is 3.62. The molecule has 0 fully saturated rings.